The zero-order valence-electron chi connectivity index (χ0n) is 12.2. The maximum Gasteiger partial charge on any atom is 0.235 e. The molecule has 4 rings (SSSR count). The number of para-hydroxylation sites is 1. The smallest absolute Gasteiger partial charge is 0.235 e. The van der Waals surface area contributed by atoms with Crippen molar-refractivity contribution in [2.45, 2.75) is 18.3 Å². The Kier molecular flexibility index (Phi) is 3.16. The second kappa shape index (κ2) is 5.10. The number of rotatable bonds is 3. The largest absolute Gasteiger partial charge is 0.361 e. The number of carbonyl (C=O) groups is 1. The average molecular weight is 329 g/mol. The summed E-state index contributed by atoms with van der Waals surface area (Å²) in [6, 6.07) is 11.8. The summed E-state index contributed by atoms with van der Waals surface area (Å²) in [6.07, 6.45) is 3.34. The van der Waals surface area contributed by atoms with Crippen molar-refractivity contribution in [1.82, 2.24) is 4.98 Å². The Bertz CT molecular complexity index is 914. The molecule has 1 heterocycles. The molecule has 23 heavy (non-hydrogen) atoms. The molecule has 0 atom stereocenters. The Labute approximate surface area is 137 Å². The van der Waals surface area contributed by atoms with E-state index >= 15 is 0 Å². The normalized spacial score (nSPS) is 15.6. The summed E-state index contributed by atoms with van der Waals surface area (Å²) >= 11 is 6.08. The highest BCUT2D eigenvalue weighted by atomic mass is 35.5. The number of benzene rings is 2. The van der Waals surface area contributed by atoms with Crippen LogP contribution in [0.4, 0.5) is 10.1 Å². The van der Waals surface area contributed by atoms with Crippen LogP contribution in [0.1, 0.15) is 18.4 Å². The van der Waals surface area contributed by atoms with Gasteiger partial charge in [-0.15, -0.1) is 0 Å². The third kappa shape index (κ3) is 2.30. The first-order chi connectivity index (χ1) is 11.1. The van der Waals surface area contributed by atoms with Crippen LogP contribution in [0.5, 0.6) is 0 Å². The minimum Gasteiger partial charge on any atom is -0.361 e. The van der Waals surface area contributed by atoms with Crippen LogP contribution in [0.25, 0.3) is 10.9 Å². The number of hydrogen-bond acceptors (Lipinski definition) is 1. The van der Waals surface area contributed by atoms with E-state index in [0.29, 0.717) is 5.02 Å². The number of aromatic nitrogens is 1. The van der Waals surface area contributed by atoms with Crippen molar-refractivity contribution in [2.24, 2.45) is 0 Å². The van der Waals surface area contributed by atoms with E-state index in [1.807, 2.05) is 24.4 Å². The molecule has 5 heteroatoms. The highest BCUT2D eigenvalue weighted by molar-refractivity contribution is 6.31. The molecular formula is C18H14ClFN2O. The molecule has 1 fully saturated rings. The fourth-order valence-corrected chi connectivity index (χ4v) is 3.21. The van der Waals surface area contributed by atoms with Crippen molar-refractivity contribution in [3.8, 4) is 0 Å². The third-order valence-corrected chi connectivity index (χ3v) is 4.70. The van der Waals surface area contributed by atoms with Crippen molar-refractivity contribution in [3.05, 3.63) is 65.1 Å². The first-order valence-corrected chi connectivity index (χ1v) is 7.81. The zero-order chi connectivity index (χ0) is 16.0. The van der Waals surface area contributed by atoms with Crippen LogP contribution in [0.2, 0.25) is 5.02 Å². The molecule has 3 aromatic rings. The Hall–Kier alpha value is -2.33. The number of fused-ring (bicyclic) bond motifs is 1. The number of hydrogen-bond donors (Lipinski definition) is 2. The van der Waals surface area contributed by atoms with Crippen LogP contribution in [-0.4, -0.2) is 10.9 Å². The van der Waals surface area contributed by atoms with Crippen LogP contribution in [0.15, 0.2) is 48.7 Å². The summed E-state index contributed by atoms with van der Waals surface area (Å²) in [5, 5.41) is 4.29. The predicted molar refractivity (Wildman–Crippen MR) is 89.3 cm³/mol. The second-order valence-electron chi connectivity index (χ2n) is 5.91. The van der Waals surface area contributed by atoms with Gasteiger partial charge in [-0.25, -0.2) is 4.39 Å². The Morgan fingerprint density at radius 3 is 2.74 bits per heavy atom. The number of anilines is 1. The van der Waals surface area contributed by atoms with Crippen LogP contribution in [0, 0.1) is 5.82 Å². The summed E-state index contributed by atoms with van der Waals surface area (Å²) in [5.74, 6) is -0.609. The lowest BCUT2D eigenvalue weighted by Crippen LogP contribution is -2.28. The number of H-pyrrole nitrogens is 1. The van der Waals surface area contributed by atoms with E-state index in [9.17, 15) is 9.18 Å². The maximum atomic E-state index is 13.8. The molecule has 1 saturated carbocycles. The standard InChI is InChI=1S/C18H14ClFN2O/c19-11-5-6-15-12(9-11)13(10-21-15)18(7-8-18)17(23)22-16-4-2-1-3-14(16)20/h1-6,9-10,21H,7-8H2,(H,22,23). The van der Waals surface area contributed by atoms with Crippen molar-refractivity contribution < 1.29 is 9.18 Å². The van der Waals surface area contributed by atoms with Crippen molar-refractivity contribution in [3.63, 3.8) is 0 Å². The van der Waals surface area contributed by atoms with E-state index in [1.165, 1.54) is 6.07 Å². The highest BCUT2D eigenvalue weighted by Gasteiger charge is 2.52. The van der Waals surface area contributed by atoms with Gasteiger partial charge in [-0.3, -0.25) is 4.79 Å². The number of carbonyl (C=O) groups excluding carboxylic acids is 1. The van der Waals surface area contributed by atoms with Crippen LogP contribution >= 0.6 is 11.6 Å². The predicted octanol–water partition coefficient (Wildman–Crippen LogP) is 4.63. The fourth-order valence-electron chi connectivity index (χ4n) is 3.04. The molecule has 2 N–H and O–H groups in total. The summed E-state index contributed by atoms with van der Waals surface area (Å²) in [5.41, 5.74) is 1.46. The van der Waals surface area contributed by atoms with Crippen molar-refractivity contribution in [2.75, 3.05) is 5.32 Å². The maximum absolute atomic E-state index is 13.8. The molecule has 1 aliphatic rings. The minimum atomic E-state index is -0.606. The molecule has 0 bridgehead atoms. The summed E-state index contributed by atoms with van der Waals surface area (Å²) in [6.45, 7) is 0. The first-order valence-electron chi connectivity index (χ1n) is 7.43. The lowest BCUT2D eigenvalue weighted by molar-refractivity contribution is -0.118. The molecule has 0 saturated heterocycles. The molecular weight excluding hydrogens is 315 g/mol. The molecule has 0 spiro atoms. The van der Waals surface area contributed by atoms with Gasteiger partial charge in [0.2, 0.25) is 5.91 Å². The van der Waals surface area contributed by atoms with Gasteiger partial charge in [-0.05, 0) is 48.7 Å². The van der Waals surface area contributed by atoms with Gasteiger partial charge in [0.15, 0.2) is 0 Å². The van der Waals surface area contributed by atoms with Crippen LogP contribution in [-0.2, 0) is 10.2 Å². The van der Waals surface area contributed by atoms with Crippen LogP contribution < -0.4 is 5.32 Å². The summed E-state index contributed by atoms with van der Waals surface area (Å²) < 4.78 is 13.8. The fraction of sp³-hybridized carbons (Fsp3) is 0.167. The van der Waals surface area contributed by atoms with E-state index in [1.54, 1.807) is 18.2 Å². The summed E-state index contributed by atoms with van der Waals surface area (Å²) in [4.78, 5) is 15.9. The van der Waals surface area contributed by atoms with Gasteiger partial charge in [0, 0.05) is 22.1 Å². The Morgan fingerprint density at radius 1 is 1.22 bits per heavy atom. The van der Waals surface area contributed by atoms with Gasteiger partial charge >= 0.3 is 0 Å². The topological polar surface area (TPSA) is 44.9 Å². The quantitative estimate of drug-likeness (QED) is 0.723. The third-order valence-electron chi connectivity index (χ3n) is 4.47. The van der Waals surface area contributed by atoms with Crippen molar-refractivity contribution >= 4 is 34.1 Å². The second-order valence-corrected chi connectivity index (χ2v) is 6.34. The van der Waals surface area contributed by atoms with Gasteiger partial charge in [0.25, 0.3) is 0 Å². The average Bonchev–Trinajstić information content (AvgIpc) is 3.24. The van der Waals surface area contributed by atoms with Gasteiger partial charge in [-0.2, -0.15) is 0 Å². The zero-order valence-corrected chi connectivity index (χ0v) is 13.0. The number of halogens is 2. The van der Waals surface area contributed by atoms with E-state index in [4.69, 9.17) is 11.6 Å². The van der Waals surface area contributed by atoms with Gasteiger partial charge in [0.05, 0.1) is 11.1 Å². The lowest BCUT2D eigenvalue weighted by Gasteiger charge is -2.15. The Morgan fingerprint density at radius 2 is 2.00 bits per heavy atom. The molecule has 3 nitrogen and oxygen atoms in total. The van der Waals surface area contributed by atoms with Crippen molar-refractivity contribution in [1.29, 1.82) is 0 Å². The molecule has 116 valence electrons. The Balaban J connectivity index is 1.71. The van der Waals surface area contributed by atoms with Crippen LogP contribution in [0.3, 0.4) is 0 Å². The monoisotopic (exact) mass is 328 g/mol. The van der Waals surface area contributed by atoms with E-state index in [2.05, 4.69) is 10.3 Å². The van der Waals surface area contributed by atoms with Gasteiger partial charge < -0.3 is 10.3 Å². The lowest BCUT2D eigenvalue weighted by atomic mass is 9.94. The van der Waals surface area contributed by atoms with Gasteiger partial charge in [-0.1, -0.05) is 23.7 Å². The molecule has 1 aliphatic carbocycles. The number of nitrogens with one attached hydrogen (secondary N) is 2. The van der Waals surface area contributed by atoms with E-state index in [0.717, 1.165) is 29.3 Å². The molecule has 0 radical (unpaired) electrons. The molecule has 0 unspecified atom stereocenters. The van der Waals surface area contributed by atoms with E-state index in [-0.39, 0.29) is 11.6 Å². The minimum absolute atomic E-state index is 0.177. The number of amides is 1. The molecule has 1 amide bonds. The first kappa shape index (κ1) is 14.3. The molecule has 1 aromatic heterocycles. The number of aromatic amines is 1. The molecule has 2 aromatic carbocycles. The highest BCUT2D eigenvalue weighted by Crippen LogP contribution is 2.51. The summed E-state index contributed by atoms with van der Waals surface area (Å²) in [7, 11) is 0. The van der Waals surface area contributed by atoms with Gasteiger partial charge in [0.1, 0.15) is 5.82 Å². The SMILES string of the molecule is O=C(Nc1ccccc1F)C1(c2c[nH]c3ccc(Cl)cc23)CC1. The molecule has 0 aliphatic heterocycles. The van der Waals surface area contributed by atoms with E-state index < -0.39 is 11.2 Å².